The second kappa shape index (κ2) is 9.25. The van der Waals surface area contributed by atoms with Crippen LogP contribution in [0.25, 0.3) is 0 Å². The summed E-state index contributed by atoms with van der Waals surface area (Å²) in [6.07, 6.45) is 0. The summed E-state index contributed by atoms with van der Waals surface area (Å²) in [5.74, 6) is 1.49. The Morgan fingerprint density at radius 1 is 1.04 bits per heavy atom. The largest absolute Gasteiger partial charge is 0.493 e. The normalized spacial score (nSPS) is 10.1. The van der Waals surface area contributed by atoms with Crippen LogP contribution in [0.2, 0.25) is 10.0 Å². The van der Waals surface area contributed by atoms with Crippen molar-refractivity contribution in [3.63, 3.8) is 0 Å². The van der Waals surface area contributed by atoms with Crippen molar-refractivity contribution in [3.05, 3.63) is 52.5 Å². The van der Waals surface area contributed by atoms with E-state index in [1.54, 1.807) is 37.4 Å². The third kappa shape index (κ3) is 5.51. The second-order valence-corrected chi connectivity index (χ2v) is 5.53. The minimum atomic E-state index is -0.260. The van der Waals surface area contributed by atoms with E-state index >= 15 is 0 Å². The molecule has 0 fully saturated rings. The van der Waals surface area contributed by atoms with Crippen LogP contribution in [0.4, 0.5) is 0 Å². The fraction of sp³-hybridized carbons (Fsp3) is 0.235. The maximum atomic E-state index is 11.7. The average Bonchev–Trinajstić information content (AvgIpc) is 2.60. The molecule has 7 heteroatoms. The molecule has 0 heterocycles. The summed E-state index contributed by atoms with van der Waals surface area (Å²) in [4.78, 5) is 11.7. The number of para-hydroxylation sites is 2. The molecule has 0 saturated heterocycles. The first-order chi connectivity index (χ1) is 11.6. The van der Waals surface area contributed by atoms with Crippen molar-refractivity contribution in [1.29, 1.82) is 0 Å². The van der Waals surface area contributed by atoms with Gasteiger partial charge in [0, 0.05) is 6.07 Å². The van der Waals surface area contributed by atoms with Crippen LogP contribution >= 0.6 is 23.2 Å². The van der Waals surface area contributed by atoms with Crippen LogP contribution in [0.5, 0.6) is 17.2 Å². The molecule has 2 aromatic rings. The summed E-state index contributed by atoms with van der Waals surface area (Å²) in [5.41, 5.74) is 0. The first kappa shape index (κ1) is 18.2. The Labute approximate surface area is 150 Å². The minimum absolute atomic E-state index is 0.118. The highest BCUT2D eigenvalue weighted by Gasteiger charge is 2.06. The van der Waals surface area contributed by atoms with Crippen molar-refractivity contribution in [2.45, 2.75) is 0 Å². The van der Waals surface area contributed by atoms with E-state index in [9.17, 15) is 4.79 Å². The first-order valence-electron chi connectivity index (χ1n) is 7.20. The average molecular weight is 370 g/mol. The lowest BCUT2D eigenvalue weighted by Gasteiger charge is -2.11. The number of carbonyl (C=O) groups is 1. The molecule has 5 nitrogen and oxygen atoms in total. The number of ether oxygens (including phenoxy) is 3. The number of nitrogens with one attached hydrogen (secondary N) is 1. The lowest BCUT2D eigenvalue weighted by atomic mass is 10.3. The third-order valence-corrected chi connectivity index (χ3v) is 3.75. The van der Waals surface area contributed by atoms with E-state index in [1.165, 1.54) is 0 Å². The monoisotopic (exact) mass is 369 g/mol. The molecule has 2 rings (SSSR count). The predicted molar refractivity (Wildman–Crippen MR) is 93.5 cm³/mol. The van der Waals surface area contributed by atoms with Crippen LogP contribution in [-0.2, 0) is 4.79 Å². The molecule has 0 aromatic heterocycles. The molecule has 1 amide bonds. The molecule has 0 saturated carbocycles. The van der Waals surface area contributed by atoms with Crippen LogP contribution < -0.4 is 19.5 Å². The van der Waals surface area contributed by atoms with E-state index in [2.05, 4.69) is 5.32 Å². The van der Waals surface area contributed by atoms with Crippen LogP contribution in [-0.4, -0.2) is 32.8 Å². The number of amides is 1. The van der Waals surface area contributed by atoms with Crippen molar-refractivity contribution in [1.82, 2.24) is 5.32 Å². The first-order valence-corrected chi connectivity index (χ1v) is 7.96. The number of hydrogen-bond donors (Lipinski definition) is 1. The lowest BCUT2D eigenvalue weighted by Crippen LogP contribution is -2.32. The molecule has 0 radical (unpaired) electrons. The molecule has 2 aromatic carbocycles. The van der Waals surface area contributed by atoms with Crippen LogP contribution in [0.3, 0.4) is 0 Å². The van der Waals surface area contributed by atoms with E-state index in [1.807, 2.05) is 12.1 Å². The fourth-order valence-corrected chi connectivity index (χ4v) is 2.14. The number of halogens is 2. The summed E-state index contributed by atoms with van der Waals surface area (Å²) in [6.45, 7) is 0.549. The van der Waals surface area contributed by atoms with Gasteiger partial charge in [-0.3, -0.25) is 4.79 Å². The molecule has 0 aliphatic rings. The Bertz CT molecular complexity index is 694. The van der Waals surface area contributed by atoms with Gasteiger partial charge in [0.05, 0.1) is 23.7 Å². The SMILES string of the molecule is COc1ccccc1OCCNC(=O)COc1ccc(Cl)c(Cl)c1. The minimum Gasteiger partial charge on any atom is -0.493 e. The number of benzene rings is 2. The van der Waals surface area contributed by atoms with Gasteiger partial charge >= 0.3 is 0 Å². The van der Waals surface area contributed by atoms with Crippen LogP contribution in [0, 0.1) is 0 Å². The van der Waals surface area contributed by atoms with Gasteiger partial charge in [0.1, 0.15) is 12.4 Å². The number of carbonyl (C=O) groups excluding carboxylic acids is 1. The van der Waals surface area contributed by atoms with Gasteiger partial charge in [-0.1, -0.05) is 35.3 Å². The zero-order chi connectivity index (χ0) is 17.4. The maximum Gasteiger partial charge on any atom is 0.258 e. The lowest BCUT2D eigenvalue weighted by molar-refractivity contribution is -0.123. The Balaban J connectivity index is 1.69. The smallest absolute Gasteiger partial charge is 0.258 e. The predicted octanol–water partition coefficient (Wildman–Crippen LogP) is 3.58. The van der Waals surface area contributed by atoms with Gasteiger partial charge in [-0.15, -0.1) is 0 Å². The highest BCUT2D eigenvalue weighted by Crippen LogP contribution is 2.26. The van der Waals surface area contributed by atoms with Crippen LogP contribution in [0.15, 0.2) is 42.5 Å². The summed E-state index contributed by atoms with van der Waals surface area (Å²) < 4.78 is 16.1. The topological polar surface area (TPSA) is 56.8 Å². The Morgan fingerprint density at radius 3 is 2.50 bits per heavy atom. The Morgan fingerprint density at radius 2 is 1.79 bits per heavy atom. The Hall–Kier alpha value is -2.11. The van der Waals surface area contributed by atoms with Crippen molar-refractivity contribution < 1.29 is 19.0 Å². The van der Waals surface area contributed by atoms with E-state index in [-0.39, 0.29) is 12.5 Å². The molecule has 0 aliphatic heterocycles. The van der Waals surface area contributed by atoms with Crippen molar-refractivity contribution in [2.75, 3.05) is 26.9 Å². The zero-order valence-corrected chi connectivity index (χ0v) is 14.6. The summed E-state index contributed by atoms with van der Waals surface area (Å²) in [7, 11) is 1.57. The standard InChI is InChI=1S/C17H17Cl2NO4/c1-22-15-4-2-3-5-16(15)23-9-8-20-17(21)11-24-12-6-7-13(18)14(19)10-12/h2-7,10H,8-9,11H2,1H3,(H,20,21). The van der Waals surface area contributed by atoms with E-state index in [0.717, 1.165) is 0 Å². The molecule has 24 heavy (non-hydrogen) atoms. The maximum absolute atomic E-state index is 11.7. The van der Waals surface area contributed by atoms with Gasteiger partial charge in [-0.25, -0.2) is 0 Å². The summed E-state index contributed by atoms with van der Waals surface area (Å²) in [6, 6.07) is 12.1. The molecule has 128 valence electrons. The molecule has 0 spiro atoms. The van der Waals surface area contributed by atoms with Gasteiger partial charge in [-0.05, 0) is 24.3 Å². The van der Waals surface area contributed by atoms with Crippen LogP contribution in [0.1, 0.15) is 0 Å². The fourth-order valence-electron chi connectivity index (χ4n) is 1.86. The Kier molecular flexibility index (Phi) is 7.03. The zero-order valence-electron chi connectivity index (χ0n) is 13.1. The number of rotatable bonds is 8. The van der Waals surface area contributed by atoms with Crippen molar-refractivity contribution in [3.8, 4) is 17.2 Å². The highest BCUT2D eigenvalue weighted by atomic mass is 35.5. The van der Waals surface area contributed by atoms with Gasteiger partial charge < -0.3 is 19.5 Å². The summed E-state index contributed by atoms with van der Waals surface area (Å²) in [5, 5.41) is 3.50. The molecule has 0 aliphatic carbocycles. The molecule has 0 bridgehead atoms. The third-order valence-electron chi connectivity index (χ3n) is 3.01. The van der Waals surface area contributed by atoms with E-state index in [4.69, 9.17) is 37.4 Å². The second-order valence-electron chi connectivity index (χ2n) is 4.71. The highest BCUT2D eigenvalue weighted by molar-refractivity contribution is 6.42. The van der Waals surface area contributed by atoms with E-state index < -0.39 is 0 Å². The van der Waals surface area contributed by atoms with Gasteiger partial charge in [0.2, 0.25) is 0 Å². The summed E-state index contributed by atoms with van der Waals surface area (Å²) >= 11 is 11.7. The molecule has 0 unspecified atom stereocenters. The molecular formula is C17H17Cl2NO4. The molecule has 1 N–H and O–H groups in total. The quantitative estimate of drug-likeness (QED) is 0.722. The van der Waals surface area contributed by atoms with Gasteiger partial charge in [-0.2, -0.15) is 0 Å². The van der Waals surface area contributed by atoms with Gasteiger partial charge in [0.25, 0.3) is 5.91 Å². The number of methoxy groups -OCH3 is 1. The van der Waals surface area contributed by atoms with Gasteiger partial charge in [0.15, 0.2) is 18.1 Å². The number of hydrogen-bond acceptors (Lipinski definition) is 4. The molecular weight excluding hydrogens is 353 g/mol. The van der Waals surface area contributed by atoms with Crippen molar-refractivity contribution >= 4 is 29.1 Å². The van der Waals surface area contributed by atoms with E-state index in [0.29, 0.717) is 40.4 Å². The molecule has 0 atom stereocenters. The van der Waals surface area contributed by atoms with Crippen molar-refractivity contribution in [2.24, 2.45) is 0 Å².